The summed E-state index contributed by atoms with van der Waals surface area (Å²) < 4.78 is 32.1. The quantitative estimate of drug-likeness (QED) is 0.610. The fraction of sp³-hybridized carbons (Fsp3) is 0.111. The smallest absolute Gasteiger partial charge is 0.287 e. The highest BCUT2D eigenvalue weighted by Crippen LogP contribution is 2.15. The van der Waals surface area contributed by atoms with Gasteiger partial charge in [-0.05, 0) is 30.3 Å². The summed E-state index contributed by atoms with van der Waals surface area (Å²) in [5, 5.41) is 3.18. The predicted molar refractivity (Wildman–Crippen MR) is 101 cm³/mol. The molecule has 2 aromatic carbocycles. The lowest BCUT2D eigenvalue weighted by Gasteiger charge is -2.08. The minimum Gasteiger partial charge on any atom is -0.451 e. The summed E-state index contributed by atoms with van der Waals surface area (Å²) in [6, 6.07) is 13.5. The van der Waals surface area contributed by atoms with E-state index in [0.717, 1.165) is 6.07 Å². The maximum Gasteiger partial charge on any atom is 0.287 e. The third kappa shape index (κ3) is 4.54. The monoisotopic (exact) mass is 406 g/mol. The van der Waals surface area contributed by atoms with E-state index in [2.05, 4.69) is 10.0 Å². The van der Waals surface area contributed by atoms with Gasteiger partial charge in [0, 0.05) is 24.2 Å². The van der Waals surface area contributed by atoms with Gasteiger partial charge < -0.3 is 9.73 Å². The van der Waals surface area contributed by atoms with Gasteiger partial charge in [-0.3, -0.25) is 9.59 Å². The zero-order chi connectivity index (χ0) is 19.4. The first-order chi connectivity index (χ1) is 12.9. The number of fused-ring (bicyclic) bond motifs is 1. The summed E-state index contributed by atoms with van der Waals surface area (Å²) in [6.07, 6.45) is 0. The molecule has 0 unspecified atom stereocenters. The Morgan fingerprint density at radius 1 is 1.04 bits per heavy atom. The van der Waals surface area contributed by atoms with Crippen LogP contribution in [0.5, 0.6) is 0 Å². The molecule has 0 fully saturated rings. The third-order valence-corrected chi connectivity index (χ3v) is 5.36. The molecule has 0 atom stereocenters. The number of amides is 1. The van der Waals surface area contributed by atoms with Gasteiger partial charge in [-0.2, -0.15) is 0 Å². The van der Waals surface area contributed by atoms with E-state index in [0.29, 0.717) is 16.0 Å². The number of rotatable bonds is 6. The first-order valence-corrected chi connectivity index (χ1v) is 9.79. The molecule has 0 aliphatic carbocycles. The first kappa shape index (κ1) is 19.1. The number of nitrogens with one attached hydrogen (secondary N) is 2. The van der Waals surface area contributed by atoms with Crippen LogP contribution >= 0.6 is 11.6 Å². The van der Waals surface area contributed by atoms with Gasteiger partial charge in [0.1, 0.15) is 5.58 Å². The molecule has 0 bridgehead atoms. The Bertz CT molecular complexity index is 1160. The topological polar surface area (TPSA) is 105 Å². The molecular weight excluding hydrogens is 392 g/mol. The lowest BCUT2D eigenvalue weighted by Crippen LogP contribution is -2.35. The van der Waals surface area contributed by atoms with Crippen molar-refractivity contribution in [3.8, 4) is 0 Å². The van der Waals surface area contributed by atoms with Gasteiger partial charge in [-0.15, -0.1) is 0 Å². The Balaban J connectivity index is 1.61. The lowest BCUT2D eigenvalue weighted by atomic mass is 10.2. The second-order valence-corrected chi connectivity index (χ2v) is 7.79. The number of sulfonamides is 1. The summed E-state index contributed by atoms with van der Waals surface area (Å²) in [5.74, 6) is -0.754. The normalized spacial score (nSPS) is 11.4. The number of para-hydroxylation sites is 1. The third-order valence-electron chi connectivity index (χ3n) is 3.67. The highest BCUT2D eigenvalue weighted by Gasteiger charge is 2.15. The highest BCUT2D eigenvalue weighted by atomic mass is 35.5. The van der Waals surface area contributed by atoms with E-state index in [-0.39, 0.29) is 29.2 Å². The van der Waals surface area contributed by atoms with E-state index in [1.54, 1.807) is 30.3 Å². The molecule has 9 heteroatoms. The largest absolute Gasteiger partial charge is 0.451 e. The molecule has 1 heterocycles. The molecule has 0 saturated carbocycles. The van der Waals surface area contributed by atoms with E-state index < -0.39 is 15.9 Å². The fourth-order valence-corrected chi connectivity index (χ4v) is 3.71. The number of benzene rings is 2. The number of hydrogen-bond acceptors (Lipinski definition) is 5. The van der Waals surface area contributed by atoms with E-state index in [4.69, 9.17) is 16.0 Å². The Morgan fingerprint density at radius 3 is 2.59 bits per heavy atom. The molecule has 0 aliphatic rings. The van der Waals surface area contributed by atoms with Crippen molar-refractivity contribution in [1.82, 2.24) is 10.0 Å². The maximum atomic E-state index is 12.1. The average molecular weight is 407 g/mol. The molecular formula is C18H15ClN2O5S. The standard InChI is InChI=1S/C18H15ClN2O5S/c19-12-4-3-5-13(10-12)27(24,25)21-9-8-20-18(23)17-11-15(22)14-6-1-2-7-16(14)26-17/h1-7,10-11,21H,8-9H2,(H,20,23). The van der Waals surface area contributed by atoms with E-state index in [1.807, 2.05) is 0 Å². The van der Waals surface area contributed by atoms with E-state index in [1.165, 1.54) is 18.2 Å². The van der Waals surface area contributed by atoms with Crippen LogP contribution in [0.15, 0.2) is 68.7 Å². The zero-order valence-corrected chi connectivity index (χ0v) is 15.5. The van der Waals surface area contributed by atoms with Gasteiger partial charge in [0.25, 0.3) is 5.91 Å². The van der Waals surface area contributed by atoms with Crippen molar-refractivity contribution in [3.63, 3.8) is 0 Å². The number of carbonyl (C=O) groups is 1. The van der Waals surface area contributed by atoms with Crippen LogP contribution in [0.3, 0.4) is 0 Å². The summed E-state index contributed by atoms with van der Waals surface area (Å²) in [6.45, 7) is -0.0342. The first-order valence-electron chi connectivity index (χ1n) is 7.93. The molecule has 1 amide bonds. The zero-order valence-electron chi connectivity index (χ0n) is 13.9. The Labute approximate surface area is 160 Å². The summed E-state index contributed by atoms with van der Waals surface area (Å²) in [5.41, 5.74) is -0.0273. The van der Waals surface area contributed by atoms with Crippen LogP contribution in [0.2, 0.25) is 5.02 Å². The summed E-state index contributed by atoms with van der Waals surface area (Å²) in [4.78, 5) is 24.2. The van der Waals surface area contributed by atoms with E-state index >= 15 is 0 Å². The van der Waals surface area contributed by atoms with Gasteiger partial charge in [-0.1, -0.05) is 29.8 Å². The van der Waals surface area contributed by atoms with Crippen molar-refractivity contribution >= 4 is 38.5 Å². The molecule has 7 nitrogen and oxygen atoms in total. The van der Waals surface area contributed by atoms with Gasteiger partial charge in [0.15, 0.2) is 11.2 Å². The minimum atomic E-state index is -3.74. The average Bonchev–Trinajstić information content (AvgIpc) is 2.65. The van der Waals surface area contributed by atoms with Crippen LogP contribution in [0.25, 0.3) is 11.0 Å². The van der Waals surface area contributed by atoms with Crippen LogP contribution in [0, 0.1) is 0 Å². The van der Waals surface area contributed by atoms with Gasteiger partial charge in [0.2, 0.25) is 10.0 Å². The van der Waals surface area contributed by atoms with Crippen molar-refractivity contribution in [1.29, 1.82) is 0 Å². The van der Waals surface area contributed by atoms with E-state index in [9.17, 15) is 18.0 Å². The van der Waals surface area contributed by atoms with Crippen LogP contribution in [0.1, 0.15) is 10.6 Å². The van der Waals surface area contributed by atoms with Crippen LogP contribution in [-0.2, 0) is 10.0 Å². The second-order valence-electron chi connectivity index (χ2n) is 5.58. The molecule has 27 heavy (non-hydrogen) atoms. The van der Waals surface area contributed by atoms with Crippen LogP contribution < -0.4 is 15.5 Å². The van der Waals surface area contributed by atoms with Crippen molar-refractivity contribution < 1.29 is 17.6 Å². The lowest BCUT2D eigenvalue weighted by molar-refractivity contribution is 0.0927. The molecule has 1 aromatic heterocycles. The van der Waals surface area contributed by atoms with Crippen LogP contribution in [-0.4, -0.2) is 27.4 Å². The molecule has 3 aromatic rings. The van der Waals surface area contributed by atoms with Gasteiger partial charge in [-0.25, -0.2) is 13.1 Å². The summed E-state index contributed by atoms with van der Waals surface area (Å²) in [7, 11) is -3.74. The van der Waals surface area contributed by atoms with Gasteiger partial charge in [0.05, 0.1) is 10.3 Å². The Kier molecular flexibility index (Phi) is 5.59. The molecule has 0 aliphatic heterocycles. The Morgan fingerprint density at radius 2 is 1.81 bits per heavy atom. The molecule has 140 valence electrons. The molecule has 2 N–H and O–H groups in total. The van der Waals surface area contributed by atoms with Crippen LogP contribution in [0.4, 0.5) is 0 Å². The minimum absolute atomic E-state index is 0.00909. The van der Waals surface area contributed by atoms with Crippen molar-refractivity contribution in [2.24, 2.45) is 0 Å². The van der Waals surface area contributed by atoms with Crippen molar-refractivity contribution in [2.75, 3.05) is 13.1 Å². The molecule has 3 rings (SSSR count). The Hall–Kier alpha value is -2.68. The predicted octanol–water partition coefficient (Wildman–Crippen LogP) is 2.15. The molecule has 0 radical (unpaired) electrons. The SMILES string of the molecule is O=C(NCCNS(=O)(=O)c1cccc(Cl)c1)c1cc(=O)c2ccccc2o1. The second kappa shape index (κ2) is 7.91. The maximum absolute atomic E-state index is 12.1. The highest BCUT2D eigenvalue weighted by molar-refractivity contribution is 7.89. The molecule has 0 saturated heterocycles. The number of carbonyl (C=O) groups excluding carboxylic acids is 1. The van der Waals surface area contributed by atoms with Gasteiger partial charge >= 0.3 is 0 Å². The number of hydrogen-bond donors (Lipinski definition) is 2. The molecule has 0 spiro atoms. The van der Waals surface area contributed by atoms with Crippen molar-refractivity contribution in [3.05, 3.63) is 75.6 Å². The fourth-order valence-electron chi connectivity index (χ4n) is 2.38. The van der Waals surface area contributed by atoms with Crippen molar-refractivity contribution in [2.45, 2.75) is 4.90 Å². The number of halogens is 1. The summed E-state index contributed by atoms with van der Waals surface area (Å²) >= 11 is 5.79.